The lowest BCUT2D eigenvalue weighted by atomic mass is 10.0. The van der Waals surface area contributed by atoms with Gasteiger partial charge in [-0.1, -0.05) is 23.8 Å². The van der Waals surface area contributed by atoms with E-state index in [1.165, 1.54) is 33.7 Å². The van der Waals surface area contributed by atoms with Crippen LogP contribution in [-0.2, 0) is 11.3 Å². The number of hydrogen-bond acceptors (Lipinski definition) is 1. The molecule has 1 fully saturated rings. The van der Waals surface area contributed by atoms with Crippen LogP contribution in [0.4, 0.5) is 10.1 Å². The Kier molecular flexibility index (Phi) is 6.01. The van der Waals surface area contributed by atoms with Crippen LogP contribution in [0.3, 0.4) is 0 Å². The van der Waals surface area contributed by atoms with Crippen molar-refractivity contribution in [2.75, 3.05) is 38.0 Å². The van der Waals surface area contributed by atoms with E-state index in [-0.39, 0.29) is 11.7 Å². The van der Waals surface area contributed by atoms with E-state index >= 15 is 0 Å². The number of piperazine rings is 1. The van der Waals surface area contributed by atoms with Crippen LogP contribution < -0.4 is 15.1 Å². The third-order valence-electron chi connectivity index (χ3n) is 5.15. The summed E-state index contributed by atoms with van der Waals surface area (Å²) < 4.78 is 12.9. The SMILES string of the molecule is Cc1ccc(C)c(C[NH+]2CC[NH+](CC(=O)Nc3ccc(F)cc3)CC2)c1. The zero-order valence-corrected chi connectivity index (χ0v) is 15.6. The molecule has 0 aromatic heterocycles. The van der Waals surface area contributed by atoms with Crippen molar-refractivity contribution in [3.05, 3.63) is 65.0 Å². The molecular formula is C21H28FN3O+2. The van der Waals surface area contributed by atoms with E-state index in [0.29, 0.717) is 12.2 Å². The van der Waals surface area contributed by atoms with Gasteiger partial charge in [-0.15, -0.1) is 0 Å². The fourth-order valence-corrected chi connectivity index (χ4v) is 3.54. The quantitative estimate of drug-likeness (QED) is 0.711. The van der Waals surface area contributed by atoms with Gasteiger partial charge >= 0.3 is 0 Å². The Bertz CT molecular complexity index is 752. The number of rotatable bonds is 5. The van der Waals surface area contributed by atoms with Crippen LogP contribution in [0.5, 0.6) is 0 Å². The highest BCUT2D eigenvalue weighted by molar-refractivity contribution is 5.91. The van der Waals surface area contributed by atoms with E-state index in [4.69, 9.17) is 0 Å². The second-order valence-electron chi connectivity index (χ2n) is 7.34. The summed E-state index contributed by atoms with van der Waals surface area (Å²) in [6.45, 7) is 9.99. The van der Waals surface area contributed by atoms with Crippen molar-refractivity contribution < 1.29 is 19.0 Å². The zero-order valence-electron chi connectivity index (χ0n) is 15.6. The molecule has 138 valence electrons. The van der Waals surface area contributed by atoms with Crippen LogP contribution in [0.2, 0.25) is 0 Å². The highest BCUT2D eigenvalue weighted by Gasteiger charge is 2.25. The average Bonchev–Trinajstić information content (AvgIpc) is 2.62. The maximum Gasteiger partial charge on any atom is 0.279 e. The van der Waals surface area contributed by atoms with Crippen LogP contribution in [0, 0.1) is 19.7 Å². The number of carbonyl (C=O) groups is 1. The molecule has 3 rings (SSSR count). The largest absolute Gasteiger partial charge is 0.322 e. The van der Waals surface area contributed by atoms with Crippen molar-refractivity contribution in [2.45, 2.75) is 20.4 Å². The smallest absolute Gasteiger partial charge is 0.279 e. The standard InChI is InChI=1S/C21H26FN3O/c1-16-3-4-17(2)18(13-16)14-24-9-11-25(12-10-24)15-21(26)23-20-7-5-19(22)6-8-20/h3-8,13H,9-12,14-15H2,1-2H3,(H,23,26)/p+2. The van der Waals surface area contributed by atoms with Gasteiger partial charge in [-0.2, -0.15) is 0 Å². The van der Waals surface area contributed by atoms with Gasteiger partial charge in [0.25, 0.3) is 5.91 Å². The zero-order chi connectivity index (χ0) is 18.5. The number of hydrogen-bond donors (Lipinski definition) is 3. The minimum absolute atomic E-state index is 0.00964. The molecule has 1 aliphatic rings. The molecule has 0 spiro atoms. The number of benzene rings is 2. The fourth-order valence-electron chi connectivity index (χ4n) is 3.54. The summed E-state index contributed by atoms with van der Waals surface area (Å²) in [6, 6.07) is 12.6. The molecule has 1 heterocycles. The lowest BCUT2D eigenvalue weighted by Crippen LogP contribution is -3.28. The van der Waals surface area contributed by atoms with Crippen LogP contribution in [0.25, 0.3) is 0 Å². The summed E-state index contributed by atoms with van der Waals surface area (Å²) in [5.74, 6) is -0.304. The first-order chi connectivity index (χ1) is 12.5. The van der Waals surface area contributed by atoms with Crippen LogP contribution in [0.1, 0.15) is 16.7 Å². The lowest BCUT2D eigenvalue weighted by molar-refractivity contribution is -1.02. The topological polar surface area (TPSA) is 38.0 Å². The maximum atomic E-state index is 12.9. The second-order valence-corrected chi connectivity index (χ2v) is 7.34. The summed E-state index contributed by atoms with van der Waals surface area (Å²) in [5, 5.41) is 2.85. The molecule has 0 bridgehead atoms. The molecule has 1 aliphatic heterocycles. The van der Waals surface area contributed by atoms with Crippen molar-refractivity contribution in [2.24, 2.45) is 0 Å². The summed E-state index contributed by atoms with van der Waals surface area (Å²) >= 11 is 0. The number of anilines is 1. The molecule has 4 nitrogen and oxygen atoms in total. The lowest BCUT2D eigenvalue weighted by Gasteiger charge is -2.29. The van der Waals surface area contributed by atoms with E-state index in [1.54, 1.807) is 17.0 Å². The van der Waals surface area contributed by atoms with Crippen LogP contribution in [-0.4, -0.2) is 38.6 Å². The summed E-state index contributed by atoms with van der Waals surface area (Å²) in [4.78, 5) is 15.1. The van der Waals surface area contributed by atoms with E-state index in [1.807, 2.05) is 0 Å². The van der Waals surface area contributed by atoms with Crippen molar-refractivity contribution in [3.8, 4) is 0 Å². The first kappa shape index (κ1) is 18.5. The first-order valence-electron chi connectivity index (χ1n) is 9.28. The summed E-state index contributed by atoms with van der Waals surface area (Å²) in [6.07, 6.45) is 0. The van der Waals surface area contributed by atoms with Gasteiger partial charge in [-0.3, -0.25) is 4.79 Å². The third kappa shape index (κ3) is 5.13. The Balaban J connectivity index is 1.45. The van der Waals surface area contributed by atoms with Crippen molar-refractivity contribution in [1.29, 1.82) is 0 Å². The number of amides is 1. The van der Waals surface area contributed by atoms with E-state index < -0.39 is 0 Å². The normalized spacial score (nSPS) is 20.0. The molecule has 0 aliphatic carbocycles. The fraction of sp³-hybridized carbons (Fsp3) is 0.381. The molecule has 1 amide bonds. The molecule has 5 heteroatoms. The van der Waals surface area contributed by atoms with Gasteiger partial charge < -0.3 is 15.1 Å². The molecule has 3 N–H and O–H groups in total. The van der Waals surface area contributed by atoms with E-state index in [0.717, 1.165) is 32.7 Å². The monoisotopic (exact) mass is 357 g/mol. The highest BCUT2D eigenvalue weighted by atomic mass is 19.1. The van der Waals surface area contributed by atoms with E-state index in [9.17, 15) is 9.18 Å². The van der Waals surface area contributed by atoms with Gasteiger partial charge in [-0.25, -0.2) is 4.39 Å². The molecular weight excluding hydrogens is 329 g/mol. The second kappa shape index (κ2) is 8.43. The molecule has 0 unspecified atom stereocenters. The molecule has 26 heavy (non-hydrogen) atoms. The van der Waals surface area contributed by atoms with Crippen molar-refractivity contribution in [1.82, 2.24) is 0 Å². The Hall–Kier alpha value is -2.24. The summed E-state index contributed by atoms with van der Waals surface area (Å²) in [5.41, 5.74) is 4.75. The van der Waals surface area contributed by atoms with Gasteiger partial charge in [-0.05, 0) is 43.7 Å². The van der Waals surface area contributed by atoms with Crippen molar-refractivity contribution >= 4 is 11.6 Å². The third-order valence-corrected chi connectivity index (χ3v) is 5.15. The Labute approximate surface area is 154 Å². The van der Waals surface area contributed by atoms with Crippen molar-refractivity contribution in [3.63, 3.8) is 0 Å². The molecule has 1 saturated heterocycles. The Morgan fingerprint density at radius 1 is 1.00 bits per heavy atom. The number of quaternary nitrogens is 2. The van der Waals surface area contributed by atoms with Gasteiger partial charge in [0, 0.05) is 11.3 Å². The number of aryl methyl sites for hydroxylation is 2. The molecule has 2 aromatic carbocycles. The number of nitrogens with one attached hydrogen (secondary N) is 3. The Morgan fingerprint density at radius 2 is 1.65 bits per heavy atom. The maximum absolute atomic E-state index is 12.9. The number of carbonyl (C=O) groups excluding carboxylic acids is 1. The first-order valence-corrected chi connectivity index (χ1v) is 9.28. The predicted molar refractivity (Wildman–Crippen MR) is 101 cm³/mol. The minimum Gasteiger partial charge on any atom is -0.322 e. The summed E-state index contributed by atoms with van der Waals surface area (Å²) in [7, 11) is 0. The molecule has 2 aromatic rings. The van der Waals surface area contributed by atoms with Gasteiger partial charge in [0.1, 0.15) is 38.5 Å². The van der Waals surface area contributed by atoms with Gasteiger partial charge in [0.2, 0.25) is 0 Å². The number of halogens is 1. The van der Waals surface area contributed by atoms with Crippen LogP contribution in [0.15, 0.2) is 42.5 Å². The Morgan fingerprint density at radius 3 is 2.35 bits per heavy atom. The predicted octanol–water partition coefficient (Wildman–Crippen LogP) is 0.365. The van der Waals surface area contributed by atoms with Crippen LogP contribution >= 0.6 is 0 Å². The minimum atomic E-state index is -0.295. The average molecular weight is 357 g/mol. The molecule has 0 atom stereocenters. The molecule has 0 radical (unpaired) electrons. The molecule has 0 saturated carbocycles. The van der Waals surface area contributed by atoms with Gasteiger partial charge in [0.05, 0.1) is 0 Å². The van der Waals surface area contributed by atoms with Gasteiger partial charge in [0.15, 0.2) is 6.54 Å². The van der Waals surface area contributed by atoms with E-state index in [2.05, 4.69) is 37.4 Å². The highest BCUT2D eigenvalue weighted by Crippen LogP contribution is 2.09.